The summed E-state index contributed by atoms with van der Waals surface area (Å²) in [5.74, 6) is -1.11. The Morgan fingerprint density at radius 2 is 1.79 bits per heavy atom. The molecule has 0 aliphatic carbocycles. The lowest BCUT2D eigenvalue weighted by atomic mass is 9.63. The second kappa shape index (κ2) is 11.1. The number of rotatable bonds is 10. The Labute approximate surface area is 200 Å². The van der Waals surface area contributed by atoms with Crippen LogP contribution in [0.3, 0.4) is 0 Å². The van der Waals surface area contributed by atoms with E-state index in [1.807, 2.05) is 39.8 Å². The molecule has 8 nitrogen and oxygen atoms in total. The topological polar surface area (TPSA) is 102 Å². The van der Waals surface area contributed by atoms with E-state index >= 15 is 0 Å². The zero-order valence-corrected chi connectivity index (χ0v) is 20.4. The molecule has 0 aromatic heterocycles. The van der Waals surface area contributed by atoms with Gasteiger partial charge in [-0.3, -0.25) is 19.3 Å². The van der Waals surface area contributed by atoms with Crippen LogP contribution in [0.4, 0.5) is 5.69 Å². The van der Waals surface area contributed by atoms with E-state index in [-0.39, 0.29) is 30.8 Å². The van der Waals surface area contributed by atoms with Crippen molar-refractivity contribution in [3.8, 4) is 0 Å². The Balaban J connectivity index is 1.92. The summed E-state index contributed by atoms with van der Waals surface area (Å²) >= 11 is 0. The van der Waals surface area contributed by atoms with Crippen LogP contribution in [0.25, 0.3) is 0 Å². The zero-order valence-electron chi connectivity index (χ0n) is 20.4. The highest BCUT2D eigenvalue weighted by Crippen LogP contribution is 2.43. The van der Waals surface area contributed by atoms with Gasteiger partial charge in [0, 0.05) is 30.1 Å². The fourth-order valence-corrected chi connectivity index (χ4v) is 3.32. The van der Waals surface area contributed by atoms with Crippen molar-refractivity contribution < 1.29 is 28.7 Å². The first-order valence-corrected chi connectivity index (χ1v) is 11.0. The number of amides is 3. The summed E-state index contributed by atoms with van der Waals surface area (Å²) in [6, 6.07) is 7.15. The molecular weight excluding hydrogens is 436 g/mol. The van der Waals surface area contributed by atoms with Crippen LogP contribution in [-0.2, 0) is 34.1 Å². The van der Waals surface area contributed by atoms with Gasteiger partial charge in [0.05, 0.1) is 5.41 Å². The third-order valence-corrected chi connectivity index (χ3v) is 6.30. The monoisotopic (exact) mass is 468 g/mol. The number of likely N-dealkylation sites (tertiary alicyclic amines) is 1. The summed E-state index contributed by atoms with van der Waals surface area (Å²) in [6.07, 6.45) is 3.40. The number of ether oxygens (including phenoxy) is 2. The molecule has 1 aromatic carbocycles. The molecule has 1 saturated heterocycles. The number of carbonyl (C=O) groups excluding carboxylic acids is 4. The normalized spacial score (nSPS) is 14.1. The first-order valence-electron chi connectivity index (χ1n) is 11.0. The summed E-state index contributed by atoms with van der Waals surface area (Å²) in [5.41, 5.74) is 2.56. The standard InChI is InChI=1S/C26H32N2O6/c1-7-9-20(8-2)34-23(31)17-33-16-21(29)27-19-12-10-18(11-13-19)25(3,4)26(5,6)24(32)28-15-14-22(28)30/h8-13H,1,14-17H2,2-6H3,(H,27,29)/b20-8+. The largest absolute Gasteiger partial charge is 0.425 e. The van der Waals surface area contributed by atoms with Gasteiger partial charge < -0.3 is 14.8 Å². The lowest BCUT2D eigenvalue weighted by molar-refractivity contribution is -0.160. The first kappa shape index (κ1) is 26.8. The van der Waals surface area contributed by atoms with Gasteiger partial charge in [-0.2, -0.15) is 0 Å². The number of carbonyl (C=O) groups is 4. The molecule has 3 amide bonds. The summed E-state index contributed by atoms with van der Waals surface area (Å²) in [5, 5.41) is 2.70. The van der Waals surface area contributed by atoms with Crippen molar-refractivity contribution in [1.29, 1.82) is 0 Å². The van der Waals surface area contributed by atoms with Gasteiger partial charge in [0.1, 0.15) is 19.0 Å². The van der Waals surface area contributed by atoms with Crippen LogP contribution in [0.1, 0.15) is 46.6 Å². The molecule has 0 bridgehead atoms. The van der Waals surface area contributed by atoms with E-state index < -0.39 is 22.7 Å². The average Bonchev–Trinajstić information content (AvgIpc) is 2.77. The third kappa shape index (κ3) is 6.10. The highest BCUT2D eigenvalue weighted by Gasteiger charge is 2.48. The highest BCUT2D eigenvalue weighted by atomic mass is 16.6. The van der Waals surface area contributed by atoms with Crippen molar-refractivity contribution >= 4 is 29.4 Å². The van der Waals surface area contributed by atoms with Crippen molar-refractivity contribution in [1.82, 2.24) is 4.90 Å². The van der Waals surface area contributed by atoms with Gasteiger partial charge >= 0.3 is 5.97 Å². The molecule has 2 rings (SSSR count). The minimum absolute atomic E-state index is 0.140. The molecule has 0 unspecified atom stereocenters. The van der Waals surface area contributed by atoms with Gasteiger partial charge in [-0.1, -0.05) is 46.4 Å². The number of allylic oxidation sites excluding steroid dienone is 2. The molecule has 1 fully saturated rings. The van der Waals surface area contributed by atoms with Crippen molar-refractivity contribution in [2.24, 2.45) is 5.41 Å². The second-order valence-electron chi connectivity index (χ2n) is 8.98. The lowest BCUT2D eigenvalue weighted by Crippen LogP contribution is -2.57. The lowest BCUT2D eigenvalue weighted by Gasteiger charge is -2.45. The van der Waals surface area contributed by atoms with Crippen molar-refractivity contribution in [2.45, 2.75) is 46.5 Å². The quantitative estimate of drug-likeness (QED) is 0.185. The first-order chi connectivity index (χ1) is 15.9. The SMILES string of the molecule is C=C=C/C(=C\C)OC(=O)COCC(=O)Nc1ccc(C(C)(C)C(C)(C)C(=O)N2CCC2=O)cc1. The highest BCUT2D eigenvalue weighted by molar-refractivity contribution is 6.02. The number of nitrogens with zero attached hydrogens (tertiary/aromatic N) is 1. The van der Waals surface area contributed by atoms with Crippen LogP contribution >= 0.6 is 0 Å². The molecule has 1 aliphatic rings. The van der Waals surface area contributed by atoms with Gasteiger partial charge in [-0.15, -0.1) is 5.73 Å². The van der Waals surface area contributed by atoms with E-state index in [1.165, 1.54) is 11.0 Å². The molecule has 0 spiro atoms. The molecule has 8 heteroatoms. The maximum Gasteiger partial charge on any atom is 0.337 e. The number of β-lactam (4-membered cyclic amide) rings is 1. The van der Waals surface area contributed by atoms with Crippen molar-refractivity contribution in [3.05, 3.63) is 60.1 Å². The van der Waals surface area contributed by atoms with Crippen LogP contribution < -0.4 is 5.32 Å². The van der Waals surface area contributed by atoms with Gasteiger partial charge in [0.25, 0.3) is 0 Å². The van der Waals surface area contributed by atoms with Crippen LogP contribution in [0.15, 0.2) is 54.5 Å². The molecule has 182 valence electrons. The third-order valence-electron chi connectivity index (χ3n) is 6.30. The number of anilines is 1. The fourth-order valence-electron chi connectivity index (χ4n) is 3.32. The number of hydrogen-bond acceptors (Lipinski definition) is 6. The van der Waals surface area contributed by atoms with Crippen molar-refractivity contribution in [3.63, 3.8) is 0 Å². The maximum absolute atomic E-state index is 12.9. The molecule has 0 atom stereocenters. The number of hydrogen-bond donors (Lipinski definition) is 1. The average molecular weight is 469 g/mol. The maximum atomic E-state index is 12.9. The molecule has 1 aliphatic heterocycles. The van der Waals surface area contributed by atoms with E-state index in [0.29, 0.717) is 18.7 Å². The van der Waals surface area contributed by atoms with Crippen LogP contribution in [0.2, 0.25) is 0 Å². The summed E-state index contributed by atoms with van der Waals surface area (Å²) in [7, 11) is 0. The van der Waals surface area contributed by atoms with Crippen LogP contribution in [-0.4, -0.2) is 48.3 Å². The summed E-state index contributed by atoms with van der Waals surface area (Å²) in [4.78, 5) is 49.9. The zero-order chi connectivity index (χ0) is 25.5. The van der Waals surface area contributed by atoms with Crippen LogP contribution in [0.5, 0.6) is 0 Å². The smallest absolute Gasteiger partial charge is 0.337 e. The van der Waals surface area contributed by atoms with E-state index in [1.54, 1.807) is 25.1 Å². The summed E-state index contributed by atoms with van der Waals surface area (Å²) < 4.78 is 10.1. The Morgan fingerprint density at radius 3 is 2.29 bits per heavy atom. The van der Waals surface area contributed by atoms with Gasteiger partial charge in [-0.25, -0.2) is 4.79 Å². The van der Waals surface area contributed by atoms with E-state index in [4.69, 9.17) is 9.47 Å². The Morgan fingerprint density at radius 1 is 1.15 bits per heavy atom. The van der Waals surface area contributed by atoms with Gasteiger partial charge in [-0.05, 0) is 30.7 Å². The number of nitrogens with one attached hydrogen (secondary N) is 1. The van der Waals surface area contributed by atoms with Crippen molar-refractivity contribution in [2.75, 3.05) is 25.1 Å². The van der Waals surface area contributed by atoms with E-state index in [2.05, 4.69) is 17.6 Å². The summed E-state index contributed by atoms with van der Waals surface area (Å²) in [6.45, 7) is 12.5. The van der Waals surface area contributed by atoms with E-state index in [9.17, 15) is 19.2 Å². The molecule has 1 heterocycles. The molecule has 34 heavy (non-hydrogen) atoms. The number of esters is 1. The molecule has 1 aromatic rings. The van der Waals surface area contributed by atoms with E-state index in [0.717, 1.165) is 5.56 Å². The molecule has 0 saturated carbocycles. The Hall–Kier alpha value is -3.48. The number of imide groups is 1. The Bertz CT molecular complexity index is 1030. The predicted molar refractivity (Wildman–Crippen MR) is 128 cm³/mol. The minimum Gasteiger partial charge on any atom is -0.425 e. The fraction of sp³-hybridized carbons (Fsp3) is 0.423. The predicted octanol–water partition coefficient (Wildman–Crippen LogP) is 3.49. The molecule has 0 radical (unpaired) electrons. The number of benzene rings is 1. The molecular formula is C26H32N2O6. The van der Waals surface area contributed by atoms with Crippen LogP contribution in [0, 0.1) is 5.41 Å². The molecule has 1 N–H and O–H groups in total. The van der Waals surface area contributed by atoms with Gasteiger partial charge in [0.15, 0.2) is 0 Å². The van der Waals surface area contributed by atoms with Gasteiger partial charge in [0.2, 0.25) is 17.7 Å². The Kier molecular flexibility index (Phi) is 8.74. The second-order valence-corrected chi connectivity index (χ2v) is 8.98. The minimum atomic E-state index is -0.815.